The Morgan fingerprint density at radius 3 is 2.57 bits per heavy atom. The topological polar surface area (TPSA) is 89.6 Å². The first kappa shape index (κ1) is 15.4. The van der Waals surface area contributed by atoms with Crippen molar-refractivity contribution in [2.24, 2.45) is 5.92 Å². The van der Waals surface area contributed by atoms with E-state index in [0.29, 0.717) is 12.5 Å². The van der Waals surface area contributed by atoms with E-state index in [-0.39, 0.29) is 23.4 Å². The lowest BCUT2D eigenvalue weighted by atomic mass is 9.85. The van der Waals surface area contributed by atoms with E-state index in [1.54, 1.807) is 0 Å². The number of nitrogens with zero attached hydrogens (tertiary/aromatic N) is 4. The van der Waals surface area contributed by atoms with E-state index in [9.17, 15) is 13.2 Å². The summed E-state index contributed by atoms with van der Waals surface area (Å²) in [7, 11) is 0. The lowest BCUT2D eigenvalue weighted by Crippen LogP contribution is -2.22. The van der Waals surface area contributed by atoms with Crippen LogP contribution in [0, 0.1) is 5.92 Å². The van der Waals surface area contributed by atoms with Crippen molar-refractivity contribution in [2.45, 2.75) is 25.4 Å². The molecule has 6 nitrogen and oxygen atoms in total. The van der Waals surface area contributed by atoms with E-state index in [4.69, 9.17) is 5.73 Å². The van der Waals surface area contributed by atoms with Crippen molar-refractivity contribution in [3.8, 4) is 11.5 Å². The highest BCUT2D eigenvalue weighted by molar-refractivity contribution is 5.53. The number of nitrogen functional groups attached to an aromatic ring is 1. The molecule has 2 heterocycles. The summed E-state index contributed by atoms with van der Waals surface area (Å²) in [6.07, 6.45) is -1.02. The summed E-state index contributed by atoms with van der Waals surface area (Å²) >= 11 is 0. The number of aromatic nitrogens is 4. The van der Waals surface area contributed by atoms with Crippen LogP contribution in [0.15, 0.2) is 18.2 Å². The second kappa shape index (κ2) is 5.98. The number of hydrogen-bond acceptors (Lipinski definition) is 6. The highest BCUT2D eigenvalue weighted by Crippen LogP contribution is 2.29. The molecule has 1 saturated carbocycles. The summed E-state index contributed by atoms with van der Waals surface area (Å²) < 4.78 is 38.2. The predicted molar refractivity (Wildman–Crippen MR) is 78.3 cm³/mol. The Balaban J connectivity index is 1.85. The lowest BCUT2D eigenvalue weighted by Gasteiger charge is -2.25. The fraction of sp³-hybridized carbons (Fsp3) is 0.429. The summed E-state index contributed by atoms with van der Waals surface area (Å²) in [5.41, 5.74) is 4.62. The first-order valence-corrected chi connectivity index (χ1v) is 7.22. The molecule has 9 heteroatoms. The molecule has 1 aliphatic rings. The monoisotopic (exact) mass is 324 g/mol. The highest BCUT2D eigenvalue weighted by Gasteiger charge is 2.32. The Labute approximate surface area is 130 Å². The van der Waals surface area contributed by atoms with Gasteiger partial charge in [-0.2, -0.15) is 28.1 Å². The van der Waals surface area contributed by atoms with Gasteiger partial charge in [-0.1, -0.05) is 12.5 Å². The summed E-state index contributed by atoms with van der Waals surface area (Å²) in [5.74, 6) is 0.770. The molecule has 0 aromatic carbocycles. The van der Waals surface area contributed by atoms with Crippen molar-refractivity contribution in [2.75, 3.05) is 17.6 Å². The SMILES string of the molecule is Nc1nc(NCC2CCC2)nc(-c2cccc(C(F)(F)F)n2)n1. The second-order valence-corrected chi connectivity index (χ2v) is 5.42. The number of hydrogen-bond donors (Lipinski definition) is 2. The Hall–Kier alpha value is -2.45. The van der Waals surface area contributed by atoms with Gasteiger partial charge in [0.2, 0.25) is 11.9 Å². The Bertz CT molecular complexity index is 699. The van der Waals surface area contributed by atoms with Gasteiger partial charge in [0.15, 0.2) is 5.82 Å². The number of halogens is 3. The average Bonchev–Trinajstić information content (AvgIpc) is 2.44. The molecule has 0 radical (unpaired) electrons. The van der Waals surface area contributed by atoms with Gasteiger partial charge in [0.25, 0.3) is 0 Å². The molecule has 0 amide bonds. The van der Waals surface area contributed by atoms with Crippen LogP contribution >= 0.6 is 0 Å². The van der Waals surface area contributed by atoms with Crippen molar-refractivity contribution in [3.05, 3.63) is 23.9 Å². The maximum atomic E-state index is 12.7. The third-order valence-electron chi connectivity index (χ3n) is 3.69. The van der Waals surface area contributed by atoms with E-state index in [2.05, 4.69) is 25.3 Å². The van der Waals surface area contributed by atoms with Crippen molar-refractivity contribution >= 4 is 11.9 Å². The van der Waals surface area contributed by atoms with Crippen LogP contribution in [0.4, 0.5) is 25.1 Å². The first-order valence-electron chi connectivity index (χ1n) is 7.22. The maximum absolute atomic E-state index is 12.7. The van der Waals surface area contributed by atoms with E-state index in [1.165, 1.54) is 18.6 Å². The van der Waals surface area contributed by atoms with E-state index in [0.717, 1.165) is 18.9 Å². The van der Waals surface area contributed by atoms with Crippen LogP contribution in [0.1, 0.15) is 25.0 Å². The van der Waals surface area contributed by atoms with Crippen LogP contribution in [0.3, 0.4) is 0 Å². The van der Waals surface area contributed by atoms with Crippen LogP contribution < -0.4 is 11.1 Å². The van der Waals surface area contributed by atoms with Crippen molar-refractivity contribution < 1.29 is 13.2 Å². The van der Waals surface area contributed by atoms with E-state index < -0.39 is 11.9 Å². The van der Waals surface area contributed by atoms with Crippen molar-refractivity contribution in [3.63, 3.8) is 0 Å². The smallest absolute Gasteiger partial charge is 0.368 e. The molecule has 0 atom stereocenters. The summed E-state index contributed by atoms with van der Waals surface area (Å²) in [5, 5.41) is 3.05. The van der Waals surface area contributed by atoms with Gasteiger partial charge < -0.3 is 11.1 Å². The number of nitrogens with two attached hydrogens (primary N) is 1. The van der Waals surface area contributed by atoms with Crippen LogP contribution in [-0.4, -0.2) is 26.5 Å². The molecule has 1 aliphatic carbocycles. The van der Waals surface area contributed by atoms with Gasteiger partial charge in [-0.15, -0.1) is 0 Å². The number of nitrogens with one attached hydrogen (secondary N) is 1. The van der Waals surface area contributed by atoms with Crippen molar-refractivity contribution in [1.29, 1.82) is 0 Å². The molecule has 2 aromatic rings. The fourth-order valence-electron chi connectivity index (χ4n) is 2.24. The zero-order chi connectivity index (χ0) is 16.4. The number of alkyl halides is 3. The first-order chi connectivity index (χ1) is 10.9. The molecular formula is C14H15F3N6. The average molecular weight is 324 g/mol. The molecule has 3 rings (SSSR count). The molecule has 0 aliphatic heterocycles. The van der Waals surface area contributed by atoms with E-state index in [1.807, 2.05) is 0 Å². The number of anilines is 2. The molecule has 1 fully saturated rings. The number of rotatable bonds is 4. The lowest BCUT2D eigenvalue weighted by molar-refractivity contribution is -0.141. The highest BCUT2D eigenvalue weighted by atomic mass is 19.4. The summed E-state index contributed by atoms with van der Waals surface area (Å²) in [6, 6.07) is 3.55. The molecule has 0 unspecified atom stereocenters. The van der Waals surface area contributed by atoms with Gasteiger partial charge in [-0.05, 0) is 30.9 Å². The third kappa shape index (κ3) is 3.66. The second-order valence-electron chi connectivity index (χ2n) is 5.42. The molecule has 0 spiro atoms. The van der Waals surface area contributed by atoms with Crippen LogP contribution in [0.25, 0.3) is 11.5 Å². The van der Waals surface area contributed by atoms with Gasteiger partial charge in [0.05, 0.1) is 0 Å². The van der Waals surface area contributed by atoms with Gasteiger partial charge >= 0.3 is 6.18 Å². The summed E-state index contributed by atoms with van der Waals surface area (Å²) in [4.78, 5) is 15.5. The fourth-order valence-corrected chi connectivity index (χ4v) is 2.24. The van der Waals surface area contributed by atoms with Gasteiger partial charge in [0.1, 0.15) is 11.4 Å². The Kier molecular flexibility index (Phi) is 4.01. The van der Waals surface area contributed by atoms with Gasteiger partial charge in [-0.25, -0.2) is 4.98 Å². The van der Waals surface area contributed by atoms with Crippen LogP contribution in [0.5, 0.6) is 0 Å². The quantitative estimate of drug-likeness (QED) is 0.899. The van der Waals surface area contributed by atoms with E-state index >= 15 is 0 Å². The molecule has 23 heavy (non-hydrogen) atoms. The predicted octanol–water partition coefficient (Wildman–Crippen LogP) is 2.75. The van der Waals surface area contributed by atoms with Crippen molar-refractivity contribution in [1.82, 2.24) is 19.9 Å². The Morgan fingerprint density at radius 1 is 1.13 bits per heavy atom. The minimum absolute atomic E-state index is 0.000573. The minimum Gasteiger partial charge on any atom is -0.368 e. The summed E-state index contributed by atoms with van der Waals surface area (Å²) in [6.45, 7) is 0.707. The molecule has 2 aromatic heterocycles. The minimum atomic E-state index is -4.53. The molecule has 122 valence electrons. The molecule has 0 saturated heterocycles. The van der Waals surface area contributed by atoms with Crippen LogP contribution in [-0.2, 0) is 6.18 Å². The van der Waals surface area contributed by atoms with Gasteiger partial charge in [-0.3, -0.25) is 0 Å². The maximum Gasteiger partial charge on any atom is 0.433 e. The zero-order valence-electron chi connectivity index (χ0n) is 12.1. The standard InChI is InChI=1S/C14H15F3N6/c15-14(16,17)10-6-2-5-9(20-10)11-21-12(18)23-13(22-11)19-7-8-3-1-4-8/h2,5-6,8H,1,3-4,7H2,(H3,18,19,21,22,23). The Morgan fingerprint density at radius 2 is 1.91 bits per heavy atom. The largest absolute Gasteiger partial charge is 0.433 e. The molecule has 0 bridgehead atoms. The third-order valence-corrected chi connectivity index (χ3v) is 3.69. The zero-order valence-corrected chi connectivity index (χ0v) is 12.1. The normalized spacial score (nSPS) is 15.3. The molecular weight excluding hydrogens is 309 g/mol. The van der Waals surface area contributed by atoms with Gasteiger partial charge in [0, 0.05) is 6.54 Å². The number of pyridine rings is 1. The van der Waals surface area contributed by atoms with Crippen LogP contribution in [0.2, 0.25) is 0 Å². The molecule has 3 N–H and O–H groups in total.